The zero-order chi connectivity index (χ0) is 7.82. The van der Waals surface area contributed by atoms with Crippen LogP contribution in [0.15, 0.2) is 11.1 Å². The summed E-state index contributed by atoms with van der Waals surface area (Å²) in [5.74, 6) is 0. The molecule has 0 aromatic rings. The highest BCUT2D eigenvalue weighted by molar-refractivity contribution is 6.26. The molecule has 0 saturated heterocycles. The molecule has 0 aliphatic rings. The Bertz CT molecular complexity index is 118. The summed E-state index contributed by atoms with van der Waals surface area (Å²) in [4.78, 5) is 10.2. The van der Waals surface area contributed by atoms with Crippen LogP contribution in [0.1, 0.15) is 32.6 Å². The van der Waals surface area contributed by atoms with Gasteiger partial charge in [-0.15, -0.1) is 0 Å². The fraction of sp³-hybridized carbons (Fsp3) is 0.625. The molecule has 0 heterocycles. The van der Waals surface area contributed by atoms with E-state index in [2.05, 4.69) is 6.92 Å². The molecular formula is C8H13ClO. The van der Waals surface area contributed by atoms with Gasteiger partial charge in [0.15, 0.2) is 0 Å². The van der Waals surface area contributed by atoms with E-state index in [-0.39, 0.29) is 0 Å². The molecular weight excluding hydrogens is 148 g/mol. The van der Waals surface area contributed by atoms with Crippen LogP contribution < -0.4 is 0 Å². The Labute approximate surface area is 67.1 Å². The zero-order valence-corrected chi connectivity index (χ0v) is 7.03. The van der Waals surface area contributed by atoms with Crippen LogP contribution in [0.3, 0.4) is 0 Å². The first-order chi connectivity index (χ1) is 4.85. The van der Waals surface area contributed by atoms with E-state index in [9.17, 15) is 4.79 Å². The summed E-state index contributed by atoms with van der Waals surface area (Å²) >= 11 is 5.35. The summed E-state index contributed by atoms with van der Waals surface area (Å²) in [6.45, 7) is 2.13. The normalized spacial score (nSPS) is 11.6. The second-order valence-electron chi connectivity index (χ2n) is 2.26. The predicted molar refractivity (Wildman–Crippen MR) is 44.1 cm³/mol. The first kappa shape index (κ1) is 9.70. The lowest BCUT2D eigenvalue weighted by atomic mass is 10.1. The van der Waals surface area contributed by atoms with Crippen molar-refractivity contribution in [2.24, 2.45) is 0 Å². The first-order valence-electron chi connectivity index (χ1n) is 3.59. The van der Waals surface area contributed by atoms with E-state index in [0.29, 0.717) is 5.57 Å². The second kappa shape index (κ2) is 6.81. The molecule has 0 radical (unpaired) electrons. The lowest BCUT2D eigenvalue weighted by Crippen LogP contribution is -1.83. The maximum Gasteiger partial charge on any atom is 0.146 e. The lowest BCUT2D eigenvalue weighted by molar-refractivity contribution is -0.105. The molecule has 0 bridgehead atoms. The van der Waals surface area contributed by atoms with Crippen LogP contribution in [0.2, 0.25) is 0 Å². The number of rotatable bonds is 5. The van der Waals surface area contributed by atoms with Crippen molar-refractivity contribution in [1.29, 1.82) is 0 Å². The van der Waals surface area contributed by atoms with Gasteiger partial charge in [-0.25, -0.2) is 0 Å². The van der Waals surface area contributed by atoms with Crippen LogP contribution in [-0.4, -0.2) is 6.29 Å². The third-order valence-electron chi connectivity index (χ3n) is 1.36. The summed E-state index contributed by atoms with van der Waals surface area (Å²) in [7, 11) is 0. The molecule has 0 rings (SSSR count). The number of aldehydes is 1. The largest absolute Gasteiger partial charge is 0.298 e. The molecule has 1 nitrogen and oxygen atoms in total. The Morgan fingerprint density at radius 2 is 2.20 bits per heavy atom. The molecule has 0 fully saturated rings. The van der Waals surface area contributed by atoms with E-state index >= 15 is 0 Å². The number of carbonyl (C=O) groups excluding carboxylic acids is 1. The maximum atomic E-state index is 10.2. The minimum Gasteiger partial charge on any atom is -0.298 e. The molecule has 0 saturated carbocycles. The number of carbonyl (C=O) groups is 1. The van der Waals surface area contributed by atoms with E-state index in [1.165, 1.54) is 18.4 Å². The second-order valence-corrected chi connectivity index (χ2v) is 2.48. The molecule has 0 N–H and O–H groups in total. The Hall–Kier alpha value is -0.300. The van der Waals surface area contributed by atoms with Crippen molar-refractivity contribution in [2.45, 2.75) is 32.6 Å². The molecule has 0 aliphatic heterocycles. The van der Waals surface area contributed by atoms with Gasteiger partial charge in [0.25, 0.3) is 0 Å². The minimum atomic E-state index is 0.704. The van der Waals surface area contributed by atoms with E-state index in [1.54, 1.807) is 0 Å². The van der Waals surface area contributed by atoms with E-state index in [1.807, 2.05) is 0 Å². The van der Waals surface area contributed by atoms with Crippen molar-refractivity contribution in [3.8, 4) is 0 Å². The van der Waals surface area contributed by atoms with Crippen LogP contribution >= 0.6 is 11.6 Å². The van der Waals surface area contributed by atoms with Gasteiger partial charge in [0.2, 0.25) is 0 Å². The molecule has 0 amide bonds. The van der Waals surface area contributed by atoms with Crippen molar-refractivity contribution in [3.05, 3.63) is 11.1 Å². The van der Waals surface area contributed by atoms with Gasteiger partial charge < -0.3 is 0 Å². The highest BCUT2D eigenvalue weighted by atomic mass is 35.5. The van der Waals surface area contributed by atoms with Crippen LogP contribution in [0.4, 0.5) is 0 Å². The van der Waals surface area contributed by atoms with Gasteiger partial charge in [-0.1, -0.05) is 31.4 Å². The maximum absolute atomic E-state index is 10.2. The number of hydrogen-bond acceptors (Lipinski definition) is 1. The van der Waals surface area contributed by atoms with Crippen molar-refractivity contribution in [2.75, 3.05) is 0 Å². The Morgan fingerprint density at radius 3 is 2.60 bits per heavy atom. The van der Waals surface area contributed by atoms with Crippen LogP contribution in [0.25, 0.3) is 0 Å². The van der Waals surface area contributed by atoms with Gasteiger partial charge in [0, 0.05) is 11.1 Å². The number of unbranched alkanes of at least 4 members (excludes halogenated alkanes) is 2. The van der Waals surface area contributed by atoms with Gasteiger partial charge in [-0.3, -0.25) is 4.79 Å². The Kier molecular flexibility index (Phi) is 6.61. The number of halogens is 1. The lowest BCUT2D eigenvalue weighted by Gasteiger charge is -1.95. The molecule has 0 unspecified atom stereocenters. The summed E-state index contributed by atoms with van der Waals surface area (Å²) in [5.41, 5.74) is 2.07. The fourth-order valence-corrected chi connectivity index (χ4v) is 0.879. The van der Waals surface area contributed by atoms with Crippen molar-refractivity contribution < 1.29 is 4.79 Å². The number of allylic oxidation sites excluding steroid dienone is 1. The third kappa shape index (κ3) is 4.57. The summed E-state index contributed by atoms with van der Waals surface area (Å²) in [5, 5.41) is 0. The van der Waals surface area contributed by atoms with E-state index < -0.39 is 0 Å². The smallest absolute Gasteiger partial charge is 0.146 e. The average molecular weight is 161 g/mol. The molecule has 0 aliphatic carbocycles. The van der Waals surface area contributed by atoms with E-state index in [4.69, 9.17) is 11.6 Å². The highest BCUT2D eigenvalue weighted by Gasteiger charge is 1.92. The Balaban J connectivity index is 3.36. The van der Waals surface area contributed by atoms with Crippen LogP contribution in [0, 0.1) is 0 Å². The summed E-state index contributed by atoms with van der Waals surface area (Å²) < 4.78 is 0. The number of hydrogen-bond donors (Lipinski definition) is 0. The quantitative estimate of drug-likeness (QED) is 0.343. The minimum absolute atomic E-state index is 0.704. The molecule has 2 heteroatoms. The first-order valence-corrected chi connectivity index (χ1v) is 4.03. The predicted octanol–water partition coefficient (Wildman–Crippen LogP) is 2.89. The standard InChI is InChI=1S/C8H13ClO/c1-2-3-4-5-8(6-9)7-10/h6-7H,2-5H2,1H3/b8-6+. The van der Waals surface area contributed by atoms with Crippen molar-refractivity contribution in [1.82, 2.24) is 0 Å². The topological polar surface area (TPSA) is 17.1 Å². The fourth-order valence-electron chi connectivity index (χ4n) is 0.718. The highest BCUT2D eigenvalue weighted by Crippen LogP contribution is 2.07. The molecule has 0 aromatic heterocycles. The molecule has 0 spiro atoms. The average Bonchev–Trinajstić information content (AvgIpc) is 1.99. The van der Waals surface area contributed by atoms with Crippen molar-refractivity contribution >= 4 is 17.9 Å². The van der Waals surface area contributed by atoms with Gasteiger partial charge in [0.1, 0.15) is 6.29 Å². The summed E-state index contributed by atoms with van der Waals surface area (Å²) in [6, 6.07) is 0. The van der Waals surface area contributed by atoms with Gasteiger partial charge >= 0.3 is 0 Å². The SMILES string of the molecule is CCCCC/C(C=O)=C\Cl. The van der Waals surface area contributed by atoms with Gasteiger partial charge in [0.05, 0.1) is 0 Å². The molecule has 58 valence electrons. The Morgan fingerprint density at radius 1 is 1.50 bits per heavy atom. The van der Waals surface area contributed by atoms with Crippen LogP contribution in [-0.2, 0) is 4.79 Å². The van der Waals surface area contributed by atoms with Crippen LogP contribution in [0.5, 0.6) is 0 Å². The molecule has 0 atom stereocenters. The zero-order valence-electron chi connectivity index (χ0n) is 6.27. The monoisotopic (exact) mass is 160 g/mol. The van der Waals surface area contributed by atoms with Gasteiger partial charge in [-0.05, 0) is 12.8 Å². The summed E-state index contributed by atoms with van der Waals surface area (Å²) in [6.07, 6.45) is 5.05. The van der Waals surface area contributed by atoms with Gasteiger partial charge in [-0.2, -0.15) is 0 Å². The molecule has 0 aromatic carbocycles. The molecule has 10 heavy (non-hydrogen) atoms. The van der Waals surface area contributed by atoms with E-state index in [0.717, 1.165) is 19.1 Å². The third-order valence-corrected chi connectivity index (χ3v) is 1.64. The van der Waals surface area contributed by atoms with Crippen molar-refractivity contribution in [3.63, 3.8) is 0 Å².